The summed E-state index contributed by atoms with van der Waals surface area (Å²) in [5, 5.41) is 9.08. The van der Waals surface area contributed by atoms with Crippen molar-refractivity contribution in [3.63, 3.8) is 0 Å². The zero-order valence-corrected chi connectivity index (χ0v) is 9.26. The molecule has 1 aromatic carbocycles. The van der Waals surface area contributed by atoms with E-state index in [0.29, 0.717) is 13.1 Å². The lowest BCUT2D eigenvalue weighted by Gasteiger charge is -2.34. The van der Waals surface area contributed by atoms with E-state index < -0.39 is 0 Å². The Hall–Kier alpha value is -1.61. The highest BCUT2D eigenvalue weighted by atomic mass is 16.3. The smallest absolute Gasteiger partial charge is 0.246 e. The molecule has 16 heavy (non-hydrogen) atoms. The molecule has 1 aliphatic rings. The van der Waals surface area contributed by atoms with Crippen molar-refractivity contribution in [1.29, 1.82) is 0 Å². The van der Waals surface area contributed by atoms with Crippen LogP contribution in [0.1, 0.15) is 11.1 Å². The maximum Gasteiger partial charge on any atom is 0.246 e. The highest BCUT2D eigenvalue weighted by Gasteiger charge is 2.26. The quantitative estimate of drug-likeness (QED) is 0.756. The van der Waals surface area contributed by atoms with Gasteiger partial charge in [0.05, 0.1) is 6.10 Å². The lowest BCUT2D eigenvalue weighted by atomic mass is 10.1. The third kappa shape index (κ3) is 2.31. The summed E-state index contributed by atoms with van der Waals surface area (Å²) in [5.74, 6) is -0.0337. The predicted octanol–water partition coefficient (Wildman–Crippen LogP) is 1.21. The number of likely N-dealkylation sites (tertiary alicyclic amines) is 1. The second kappa shape index (κ2) is 4.49. The fourth-order valence-corrected chi connectivity index (χ4v) is 1.68. The van der Waals surface area contributed by atoms with Crippen LogP contribution in [-0.2, 0) is 4.79 Å². The average molecular weight is 217 g/mol. The molecule has 1 saturated heterocycles. The number of aryl methyl sites for hydroxylation is 1. The van der Waals surface area contributed by atoms with Crippen molar-refractivity contribution >= 4 is 12.0 Å². The van der Waals surface area contributed by atoms with Crippen LogP contribution in [0.2, 0.25) is 0 Å². The third-order valence-corrected chi connectivity index (χ3v) is 2.77. The van der Waals surface area contributed by atoms with Crippen molar-refractivity contribution in [3.8, 4) is 0 Å². The number of benzene rings is 1. The first-order valence-corrected chi connectivity index (χ1v) is 5.37. The number of hydrogen-bond acceptors (Lipinski definition) is 2. The Bertz CT molecular complexity index is 420. The maximum absolute atomic E-state index is 11.6. The van der Waals surface area contributed by atoms with E-state index in [1.54, 1.807) is 11.0 Å². The molecule has 0 radical (unpaired) electrons. The summed E-state index contributed by atoms with van der Waals surface area (Å²) in [6.07, 6.45) is 3.05. The summed E-state index contributed by atoms with van der Waals surface area (Å²) >= 11 is 0. The average Bonchev–Trinajstić information content (AvgIpc) is 2.23. The first-order chi connectivity index (χ1) is 7.66. The van der Waals surface area contributed by atoms with Gasteiger partial charge in [-0.15, -0.1) is 0 Å². The van der Waals surface area contributed by atoms with E-state index in [-0.39, 0.29) is 12.0 Å². The monoisotopic (exact) mass is 217 g/mol. The standard InChI is InChI=1S/C13H15NO2/c1-10-4-2-3-5-11(10)6-7-13(16)14-8-12(15)9-14/h2-7,12,15H,8-9H2,1H3/b7-6+. The molecule has 1 aromatic rings. The molecule has 0 aliphatic carbocycles. The first-order valence-electron chi connectivity index (χ1n) is 5.37. The molecule has 1 aliphatic heterocycles. The molecule has 3 nitrogen and oxygen atoms in total. The van der Waals surface area contributed by atoms with Gasteiger partial charge < -0.3 is 10.0 Å². The fourth-order valence-electron chi connectivity index (χ4n) is 1.68. The Morgan fingerprint density at radius 1 is 1.44 bits per heavy atom. The van der Waals surface area contributed by atoms with E-state index in [2.05, 4.69) is 0 Å². The number of hydrogen-bond donors (Lipinski definition) is 1. The number of β-amino-alcohol motifs (C(OH)–C–C–N with tert-alkyl or cyclic N) is 1. The van der Waals surface area contributed by atoms with E-state index in [1.807, 2.05) is 37.3 Å². The van der Waals surface area contributed by atoms with Crippen LogP contribution < -0.4 is 0 Å². The number of aliphatic hydroxyl groups is 1. The van der Waals surface area contributed by atoms with E-state index >= 15 is 0 Å². The summed E-state index contributed by atoms with van der Waals surface area (Å²) in [4.78, 5) is 13.2. The molecular weight excluding hydrogens is 202 g/mol. The molecule has 0 saturated carbocycles. The zero-order valence-electron chi connectivity index (χ0n) is 9.26. The van der Waals surface area contributed by atoms with Crippen LogP contribution in [0.15, 0.2) is 30.3 Å². The summed E-state index contributed by atoms with van der Waals surface area (Å²) in [7, 11) is 0. The predicted molar refractivity (Wildman–Crippen MR) is 62.8 cm³/mol. The largest absolute Gasteiger partial charge is 0.389 e. The van der Waals surface area contributed by atoms with Crippen LogP contribution in [0.5, 0.6) is 0 Å². The number of nitrogens with zero attached hydrogens (tertiary/aromatic N) is 1. The highest BCUT2D eigenvalue weighted by molar-refractivity contribution is 5.92. The van der Waals surface area contributed by atoms with Gasteiger partial charge in [0.2, 0.25) is 5.91 Å². The van der Waals surface area contributed by atoms with Crippen LogP contribution in [0.3, 0.4) is 0 Å². The zero-order chi connectivity index (χ0) is 11.5. The summed E-state index contributed by atoms with van der Waals surface area (Å²) < 4.78 is 0. The highest BCUT2D eigenvalue weighted by Crippen LogP contribution is 2.11. The molecule has 84 valence electrons. The van der Waals surface area contributed by atoms with Crippen LogP contribution in [0.4, 0.5) is 0 Å². The lowest BCUT2D eigenvalue weighted by Crippen LogP contribution is -2.52. The van der Waals surface area contributed by atoms with Gasteiger partial charge in [-0.2, -0.15) is 0 Å². The van der Waals surface area contributed by atoms with Gasteiger partial charge in [0.1, 0.15) is 0 Å². The van der Waals surface area contributed by atoms with Gasteiger partial charge in [0.25, 0.3) is 0 Å². The van der Waals surface area contributed by atoms with Crippen molar-refractivity contribution < 1.29 is 9.90 Å². The van der Waals surface area contributed by atoms with E-state index in [0.717, 1.165) is 11.1 Å². The van der Waals surface area contributed by atoms with Gasteiger partial charge in [0, 0.05) is 19.2 Å². The van der Waals surface area contributed by atoms with E-state index in [4.69, 9.17) is 5.11 Å². The van der Waals surface area contributed by atoms with Crippen molar-refractivity contribution in [1.82, 2.24) is 4.90 Å². The molecule has 0 aromatic heterocycles. The second-order valence-electron chi connectivity index (χ2n) is 4.09. The van der Waals surface area contributed by atoms with Gasteiger partial charge in [-0.3, -0.25) is 4.79 Å². The Morgan fingerprint density at radius 2 is 2.12 bits per heavy atom. The maximum atomic E-state index is 11.6. The molecular formula is C13H15NO2. The number of rotatable bonds is 2. The number of carbonyl (C=O) groups excluding carboxylic acids is 1. The summed E-state index contributed by atoms with van der Waals surface area (Å²) in [5.41, 5.74) is 2.20. The number of carbonyl (C=O) groups is 1. The minimum Gasteiger partial charge on any atom is -0.389 e. The lowest BCUT2D eigenvalue weighted by molar-refractivity contribution is -0.135. The minimum atomic E-state index is -0.337. The van der Waals surface area contributed by atoms with Crippen molar-refractivity contribution in [3.05, 3.63) is 41.5 Å². The number of amides is 1. The Morgan fingerprint density at radius 3 is 2.75 bits per heavy atom. The Balaban J connectivity index is 1.99. The van der Waals surface area contributed by atoms with Gasteiger partial charge in [0.15, 0.2) is 0 Å². The van der Waals surface area contributed by atoms with Crippen LogP contribution in [0.25, 0.3) is 6.08 Å². The van der Waals surface area contributed by atoms with Crippen molar-refractivity contribution in [2.24, 2.45) is 0 Å². The Kier molecular flexibility index (Phi) is 3.06. The summed E-state index contributed by atoms with van der Waals surface area (Å²) in [6, 6.07) is 7.91. The van der Waals surface area contributed by atoms with Crippen LogP contribution in [-0.4, -0.2) is 35.1 Å². The van der Waals surface area contributed by atoms with Crippen LogP contribution >= 0.6 is 0 Å². The number of aliphatic hydroxyl groups excluding tert-OH is 1. The molecule has 1 amide bonds. The molecule has 0 bridgehead atoms. The van der Waals surface area contributed by atoms with E-state index in [1.165, 1.54) is 0 Å². The molecule has 0 unspecified atom stereocenters. The van der Waals surface area contributed by atoms with Gasteiger partial charge in [-0.25, -0.2) is 0 Å². The topological polar surface area (TPSA) is 40.5 Å². The molecule has 3 heteroatoms. The molecule has 0 spiro atoms. The van der Waals surface area contributed by atoms with E-state index in [9.17, 15) is 4.79 Å². The molecule has 1 heterocycles. The molecule has 2 rings (SSSR count). The summed E-state index contributed by atoms with van der Waals surface area (Å²) in [6.45, 7) is 2.92. The second-order valence-corrected chi connectivity index (χ2v) is 4.09. The van der Waals surface area contributed by atoms with Gasteiger partial charge in [-0.05, 0) is 24.1 Å². The first kappa shape index (κ1) is 10.9. The van der Waals surface area contributed by atoms with Crippen LogP contribution in [0, 0.1) is 6.92 Å². The SMILES string of the molecule is Cc1ccccc1/C=C/C(=O)N1CC(O)C1. The van der Waals surface area contributed by atoms with Crippen molar-refractivity contribution in [2.75, 3.05) is 13.1 Å². The minimum absolute atomic E-state index is 0.0337. The molecule has 1 N–H and O–H groups in total. The molecule has 0 atom stereocenters. The third-order valence-electron chi connectivity index (χ3n) is 2.77. The Labute approximate surface area is 95.0 Å². The molecule has 1 fully saturated rings. The van der Waals surface area contributed by atoms with Gasteiger partial charge in [-0.1, -0.05) is 24.3 Å². The fraction of sp³-hybridized carbons (Fsp3) is 0.308. The van der Waals surface area contributed by atoms with Gasteiger partial charge >= 0.3 is 0 Å². The van der Waals surface area contributed by atoms with Crippen molar-refractivity contribution in [2.45, 2.75) is 13.0 Å². The normalized spacial score (nSPS) is 16.5.